The van der Waals surface area contributed by atoms with Crippen molar-refractivity contribution in [3.8, 4) is 0 Å². The van der Waals surface area contributed by atoms with Crippen LogP contribution in [0.15, 0.2) is 47.4 Å². The van der Waals surface area contributed by atoms with Crippen LogP contribution in [-0.4, -0.2) is 7.05 Å². The van der Waals surface area contributed by atoms with Crippen molar-refractivity contribution in [2.24, 2.45) is 0 Å². The molecule has 0 heterocycles. The lowest BCUT2D eigenvalue weighted by Crippen LogP contribution is -2.11. The van der Waals surface area contributed by atoms with Crippen LogP contribution in [0.1, 0.15) is 29.7 Å². The average molecular weight is 289 g/mol. The minimum absolute atomic E-state index is 0.163. The molecule has 0 aliphatic heterocycles. The van der Waals surface area contributed by atoms with Crippen LogP contribution >= 0.6 is 11.8 Å². The van der Waals surface area contributed by atoms with Crippen molar-refractivity contribution in [1.82, 2.24) is 5.32 Å². The fourth-order valence-electron chi connectivity index (χ4n) is 1.98. The lowest BCUT2D eigenvalue weighted by atomic mass is 10.1. The summed E-state index contributed by atoms with van der Waals surface area (Å²) in [5.74, 6) is 0.634. The molecule has 3 heteroatoms. The molecule has 0 aliphatic rings. The number of hydrogen-bond acceptors (Lipinski definition) is 2. The first-order valence-electron chi connectivity index (χ1n) is 6.75. The van der Waals surface area contributed by atoms with Crippen molar-refractivity contribution in [2.45, 2.75) is 30.5 Å². The molecule has 0 saturated carbocycles. The Balaban J connectivity index is 2.02. The van der Waals surface area contributed by atoms with Crippen LogP contribution in [0.2, 0.25) is 0 Å². The number of benzene rings is 2. The molecule has 2 aromatic rings. The number of rotatable bonds is 5. The van der Waals surface area contributed by atoms with E-state index in [1.165, 1.54) is 16.5 Å². The summed E-state index contributed by atoms with van der Waals surface area (Å²) < 4.78 is 13.2. The molecular weight excluding hydrogens is 269 g/mol. The summed E-state index contributed by atoms with van der Waals surface area (Å²) in [5.41, 5.74) is 3.47. The molecule has 0 spiro atoms. The van der Waals surface area contributed by atoms with E-state index in [2.05, 4.69) is 36.5 Å². The van der Waals surface area contributed by atoms with E-state index >= 15 is 0 Å². The normalized spacial score (nSPS) is 12.4. The third-order valence-corrected chi connectivity index (χ3v) is 4.58. The zero-order valence-electron chi connectivity index (χ0n) is 12.1. The molecular formula is C17H20FNS. The smallest absolute Gasteiger partial charge is 0.123 e. The summed E-state index contributed by atoms with van der Waals surface area (Å²) >= 11 is 1.74. The van der Waals surface area contributed by atoms with Crippen molar-refractivity contribution < 1.29 is 4.39 Å². The lowest BCUT2D eigenvalue weighted by molar-refractivity contribution is 0.626. The molecule has 2 rings (SSSR count). The van der Waals surface area contributed by atoms with E-state index in [1.54, 1.807) is 17.8 Å². The summed E-state index contributed by atoms with van der Waals surface area (Å²) in [5, 5.41) is 3.22. The molecule has 1 atom stereocenters. The van der Waals surface area contributed by atoms with Gasteiger partial charge in [0.25, 0.3) is 0 Å². The standard InChI is InChI=1S/C17H20FNS/c1-12-4-7-16(18)10-15(12)11-20-17-8-5-14(6-9-17)13(2)19-3/h4-10,13,19H,11H2,1-3H3. The first-order valence-corrected chi connectivity index (χ1v) is 7.74. The van der Waals surface area contributed by atoms with Gasteiger partial charge in [0.05, 0.1) is 0 Å². The highest BCUT2D eigenvalue weighted by Crippen LogP contribution is 2.26. The number of halogens is 1. The van der Waals surface area contributed by atoms with Crippen molar-refractivity contribution in [1.29, 1.82) is 0 Å². The lowest BCUT2D eigenvalue weighted by Gasteiger charge is -2.11. The van der Waals surface area contributed by atoms with E-state index in [9.17, 15) is 4.39 Å². The highest BCUT2D eigenvalue weighted by Gasteiger charge is 2.04. The predicted octanol–water partition coefficient (Wildman–Crippen LogP) is 4.71. The van der Waals surface area contributed by atoms with Gasteiger partial charge in [0.1, 0.15) is 5.82 Å². The van der Waals surface area contributed by atoms with Gasteiger partial charge in [-0.3, -0.25) is 0 Å². The molecule has 0 amide bonds. The van der Waals surface area contributed by atoms with Crippen molar-refractivity contribution in [3.63, 3.8) is 0 Å². The largest absolute Gasteiger partial charge is 0.313 e. The van der Waals surface area contributed by atoms with Gasteiger partial charge in [-0.1, -0.05) is 18.2 Å². The zero-order chi connectivity index (χ0) is 14.5. The SMILES string of the molecule is CNC(C)c1ccc(SCc2cc(F)ccc2C)cc1. The molecule has 0 radical (unpaired) electrons. The van der Waals surface area contributed by atoms with Crippen molar-refractivity contribution >= 4 is 11.8 Å². The van der Waals surface area contributed by atoms with E-state index in [1.807, 2.05) is 20.0 Å². The van der Waals surface area contributed by atoms with Gasteiger partial charge in [-0.25, -0.2) is 4.39 Å². The van der Waals surface area contributed by atoms with Crippen LogP contribution in [0, 0.1) is 12.7 Å². The fraction of sp³-hybridized carbons (Fsp3) is 0.294. The molecule has 0 fully saturated rings. The molecule has 0 aromatic heterocycles. The maximum Gasteiger partial charge on any atom is 0.123 e. The van der Waals surface area contributed by atoms with Gasteiger partial charge in [-0.05, 0) is 61.9 Å². The molecule has 1 N–H and O–H groups in total. The molecule has 20 heavy (non-hydrogen) atoms. The quantitative estimate of drug-likeness (QED) is 0.800. The highest BCUT2D eigenvalue weighted by atomic mass is 32.2. The molecule has 0 aliphatic carbocycles. The monoisotopic (exact) mass is 289 g/mol. The van der Waals surface area contributed by atoms with Crippen LogP contribution in [-0.2, 0) is 5.75 Å². The molecule has 1 unspecified atom stereocenters. The third-order valence-electron chi connectivity index (χ3n) is 3.52. The van der Waals surface area contributed by atoms with E-state index in [-0.39, 0.29) is 5.82 Å². The van der Waals surface area contributed by atoms with Crippen LogP contribution in [0.3, 0.4) is 0 Å². The minimum Gasteiger partial charge on any atom is -0.313 e. The zero-order valence-corrected chi connectivity index (χ0v) is 12.9. The second kappa shape index (κ2) is 6.91. The second-order valence-corrected chi connectivity index (χ2v) is 5.99. The summed E-state index contributed by atoms with van der Waals surface area (Å²) in [6, 6.07) is 13.9. The van der Waals surface area contributed by atoms with Gasteiger partial charge in [0.2, 0.25) is 0 Å². The third kappa shape index (κ3) is 3.84. The fourth-order valence-corrected chi connectivity index (χ4v) is 2.94. The summed E-state index contributed by atoms with van der Waals surface area (Å²) in [7, 11) is 1.96. The Morgan fingerprint density at radius 2 is 1.85 bits per heavy atom. The summed E-state index contributed by atoms with van der Waals surface area (Å²) in [6.07, 6.45) is 0. The van der Waals surface area contributed by atoms with Crippen LogP contribution in [0.5, 0.6) is 0 Å². The van der Waals surface area contributed by atoms with E-state index < -0.39 is 0 Å². The molecule has 1 nitrogen and oxygen atoms in total. The highest BCUT2D eigenvalue weighted by molar-refractivity contribution is 7.98. The van der Waals surface area contributed by atoms with Crippen molar-refractivity contribution in [3.05, 3.63) is 65.0 Å². The van der Waals surface area contributed by atoms with E-state index in [0.29, 0.717) is 6.04 Å². The second-order valence-electron chi connectivity index (χ2n) is 4.94. The molecule has 0 saturated heterocycles. The topological polar surface area (TPSA) is 12.0 Å². The van der Waals surface area contributed by atoms with Crippen LogP contribution in [0.4, 0.5) is 4.39 Å². The van der Waals surface area contributed by atoms with Gasteiger partial charge < -0.3 is 5.32 Å². The Hall–Kier alpha value is -1.32. The number of aryl methyl sites for hydroxylation is 1. The Kier molecular flexibility index (Phi) is 5.21. The predicted molar refractivity (Wildman–Crippen MR) is 84.6 cm³/mol. The molecule has 0 bridgehead atoms. The van der Waals surface area contributed by atoms with Gasteiger partial charge in [0, 0.05) is 16.7 Å². The average Bonchev–Trinajstić information content (AvgIpc) is 2.48. The minimum atomic E-state index is -0.163. The van der Waals surface area contributed by atoms with Gasteiger partial charge >= 0.3 is 0 Å². The first-order chi connectivity index (χ1) is 9.60. The Morgan fingerprint density at radius 1 is 1.15 bits per heavy atom. The maximum absolute atomic E-state index is 13.2. The Labute approximate surface area is 124 Å². The van der Waals surface area contributed by atoms with E-state index in [4.69, 9.17) is 0 Å². The summed E-state index contributed by atoms with van der Waals surface area (Å²) in [6.45, 7) is 4.16. The Bertz CT molecular complexity index is 566. The van der Waals surface area contributed by atoms with Crippen LogP contribution < -0.4 is 5.32 Å². The number of nitrogens with one attached hydrogen (secondary N) is 1. The number of hydrogen-bond donors (Lipinski definition) is 1. The number of thioether (sulfide) groups is 1. The molecule has 106 valence electrons. The first kappa shape index (κ1) is 15.1. The Morgan fingerprint density at radius 3 is 2.50 bits per heavy atom. The van der Waals surface area contributed by atoms with E-state index in [0.717, 1.165) is 16.9 Å². The van der Waals surface area contributed by atoms with Gasteiger partial charge in [-0.15, -0.1) is 11.8 Å². The van der Waals surface area contributed by atoms with Gasteiger partial charge in [-0.2, -0.15) is 0 Å². The van der Waals surface area contributed by atoms with Gasteiger partial charge in [0.15, 0.2) is 0 Å². The van der Waals surface area contributed by atoms with Crippen LogP contribution in [0.25, 0.3) is 0 Å². The molecule has 2 aromatic carbocycles. The van der Waals surface area contributed by atoms with Crippen molar-refractivity contribution in [2.75, 3.05) is 7.05 Å². The maximum atomic E-state index is 13.2. The summed E-state index contributed by atoms with van der Waals surface area (Å²) in [4.78, 5) is 1.21.